The summed E-state index contributed by atoms with van der Waals surface area (Å²) in [6.45, 7) is 0. The molecule has 1 unspecified atom stereocenters. The Morgan fingerprint density at radius 2 is 1.92 bits per heavy atom. The number of alkyl halides is 3. The summed E-state index contributed by atoms with van der Waals surface area (Å²) in [7, 11) is 1.39. The van der Waals surface area contributed by atoms with Gasteiger partial charge in [0, 0.05) is 22.2 Å². The minimum atomic E-state index is -4.68. The van der Waals surface area contributed by atoms with Crippen molar-refractivity contribution >= 4 is 39.9 Å². The number of hydrogen-bond acceptors (Lipinski definition) is 6. The molecule has 2 aromatic carbocycles. The second-order valence-electron chi connectivity index (χ2n) is 7.87. The number of anilines is 1. The summed E-state index contributed by atoms with van der Waals surface area (Å²) in [6.07, 6.45) is -3.41. The Labute approximate surface area is 205 Å². The number of amides is 1. The first-order valence-corrected chi connectivity index (χ1v) is 10.8. The van der Waals surface area contributed by atoms with Crippen LogP contribution in [0.5, 0.6) is 5.75 Å². The van der Waals surface area contributed by atoms with Crippen LogP contribution in [0.25, 0.3) is 11.0 Å². The Morgan fingerprint density at radius 1 is 1.14 bits per heavy atom. The highest BCUT2D eigenvalue weighted by atomic mass is 35.5. The largest absolute Gasteiger partial charge is 0.503 e. The van der Waals surface area contributed by atoms with Gasteiger partial charge in [-0.05, 0) is 42.5 Å². The summed E-state index contributed by atoms with van der Waals surface area (Å²) in [5.41, 5.74) is -1.41. The number of halogens is 4. The van der Waals surface area contributed by atoms with Crippen LogP contribution < -0.4 is 9.64 Å². The molecule has 3 heterocycles. The fraction of sp³-hybridized carbons (Fsp3) is 0.120. The van der Waals surface area contributed by atoms with Gasteiger partial charge in [0.15, 0.2) is 22.9 Å². The third-order valence-electron chi connectivity index (χ3n) is 5.71. The highest BCUT2D eigenvalue weighted by Crippen LogP contribution is 2.44. The molecule has 0 aliphatic carbocycles. The van der Waals surface area contributed by atoms with Crippen molar-refractivity contribution in [2.24, 2.45) is 0 Å². The van der Waals surface area contributed by atoms with E-state index in [-0.39, 0.29) is 28.5 Å². The number of ether oxygens (including phenoxy) is 1. The smallest absolute Gasteiger partial charge is 0.416 e. The number of carbonyl (C=O) groups excluding carboxylic acids is 2. The minimum Gasteiger partial charge on any atom is -0.503 e. The molecule has 2 aromatic heterocycles. The third-order valence-corrected chi connectivity index (χ3v) is 5.93. The zero-order valence-electron chi connectivity index (χ0n) is 18.3. The molecule has 0 spiro atoms. The van der Waals surface area contributed by atoms with Gasteiger partial charge < -0.3 is 18.7 Å². The Balaban J connectivity index is 1.64. The quantitative estimate of drug-likeness (QED) is 0.304. The fourth-order valence-electron chi connectivity index (χ4n) is 4.13. The van der Waals surface area contributed by atoms with Crippen molar-refractivity contribution in [1.29, 1.82) is 0 Å². The molecule has 1 N–H and O–H groups in total. The zero-order valence-corrected chi connectivity index (χ0v) is 19.1. The first kappa shape index (κ1) is 23.6. The van der Waals surface area contributed by atoms with E-state index in [9.17, 15) is 27.9 Å². The van der Waals surface area contributed by atoms with Crippen molar-refractivity contribution < 1.29 is 41.4 Å². The number of hydrogen-bond donors (Lipinski definition) is 1. The first-order valence-electron chi connectivity index (χ1n) is 10.4. The first-order chi connectivity index (χ1) is 17.1. The van der Waals surface area contributed by atoms with Gasteiger partial charge >= 0.3 is 6.18 Å². The molecule has 1 amide bonds. The van der Waals surface area contributed by atoms with Gasteiger partial charge in [0.1, 0.15) is 11.8 Å². The number of benzene rings is 2. The summed E-state index contributed by atoms with van der Waals surface area (Å²) < 4.78 is 56.4. The van der Waals surface area contributed by atoms with E-state index in [2.05, 4.69) is 0 Å². The molecule has 0 saturated heterocycles. The number of Topliss-reactive ketones (excluding diaryl/α,β-unsaturated/α-hetero) is 1. The van der Waals surface area contributed by atoms with Crippen LogP contribution in [-0.4, -0.2) is 23.9 Å². The summed E-state index contributed by atoms with van der Waals surface area (Å²) in [5, 5.41) is 11.5. The monoisotopic (exact) mass is 517 g/mol. The lowest BCUT2D eigenvalue weighted by atomic mass is 9.99. The van der Waals surface area contributed by atoms with E-state index in [4.69, 9.17) is 25.2 Å². The van der Waals surface area contributed by atoms with E-state index in [1.807, 2.05) is 0 Å². The van der Waals surface area contributed by atoms with Gasteiger partial charge in [-0.2, -0.15) is 13.2 Å². The lowest BCUT2D eigenvalue weighted by molar-refractivity contribution is -0.137. The van der Waals surface area contributed by atoms with Crippen molar-refractivity contribution in [2.75, 3.05) is 12.0 Å². The molecule has 4 aromatic rings. The van der Waals surface area contributed by atoms with E-state index in [1.54, 1.807) is 0 Å². The average Bonchev–Trinajstić information content (AvgIpc) is 3.56. The summed E-state index contributed by atoms with van der Waals surface area (Å²) >= 11 is 6.08. The Kier molecular flexibility index (Phi) is 5.55. The van der Waals surface area contributed by atoms with Crippen molar-refractivity contribution in [1.82, 2.24) is 0 Å². The number of furan rings is 2. The molecule has 0 bridgehead atoms. The van der Waals surface area contributed by atoms with E-state index in [0.717, 1.165) is 23.1 Å². The lowest BCUT2D eigenvalue weighted by Crippen LogP contribution is -2.31. The maximum Gasteiger partial charge on any atom is 0.416 e. The van der Waals surface area contributed by atoms with E-state index < -0.39 is 40.8 Å². The highest BCUT2D eigenvalue weighted by Gasteiger charge is 2.47. The number of methoxy groups -OCH3 is 1. The van der Waals surface area contributed by atoms with Gasteiger partial charge in [-0.25, -0.2) is 0 Å². The Bertz CT molecular complexity index is 1540. The highest BCUT2D eigenvalue weighted by molar-refractivity contribution is 6.31. The maximum absolute atomic E-state index is 13.6. The second kappa shape index (κ2) is 8.49. The van der Waals surface area contributed by atoms with Crippen molar-refractivity contribution in [2.45, 2.75) is 12.2 Å². The third kappa shape index (κ3) is 3.79. The van der Waals surface area contributed by atoms with Crippen LogP contribution in [0, 0.1) is 0 Å². The van der Waals surface area contributed by atoms with Crippen molar-refractivity contribution in [3.63, 3.8) is 0 Å². The fourth-order valence-corrected chi connectivity index (χ4v) is 4.35. The molecule has 0 radical (unpaired) electrons. The number of fused-ring (bicyclic) bond motifs is 1. The van der Waals surface area contributed by atoms with Crippen LogP contribution in [0.3, 0.4) is 0 Å². The number of aliphatic hydroxyl groups is 1. The topological polar surface area (TPSA) is 93.1 Å². The predicted octanol–water partition coefficient (Wildman–Crippen LogP) is 6.49. The molecule has 7 nitrogen and oxygen atoms in total. The maximum atomic E-state index is 13.6. The van der Waals surface area contributed by atoms with E-state index >= 15 is 0 Å². The van der Waals surface area contributed by atoms with Crippen molar-refractivity contribution in [3.05, 3.63) is 94.3 Å². The van der Waals surface area contributed by atoms with Crippen LogP contribution in [0.1, 0.15) is 27.9 Å². The van der Waals surface area contributed by atoms with Gasteiger partial charge in [-0.1, -0.05) is 17.7 Å². The summed E-state index contributed by atoms with van der Waals surface area (Å²) in [6, 6.07) is 9.92. The molecule has 0 saturated carbocycles. The molecular formula is C25H15ClF3NO6. The number of ketones is 1. The zero-order chi connectivity index (χ0) is 25.8. The molecule has 36 heavy (non-hydrogen) atoms. The van der Waals surface area contributed by atoms with Gasteiger partial charge in [0.2, 0.25) is 5.78 Å². The second-order valence-corrected chi connectivity index (χ2v) is 8.31. The molecule has 1 aliphatic rings. The summed E-state index contributed by atoms with van der Waals surface area (Å²) in [4.78, 5) is 27.6. The molecule has 1 aliphatic heterocycles. The van der Waals surface area contributed by atoms with Crippen LogP contribution in [0.2, 0.25) is 5.02 Å². The number of carbonyl (C=O) groups is 2. The minimum absolute atomic E-state index is 0.0462. The van der Waals surface area contributed by atoms with Gasteiger partial charge in [0.25, 0.3) is 5.91 Å². The molecule has 5 rings (SSSR count). The molecule has 184 valence electrons. The SMILES string of the molecule is COc1cc(Cl)cc2cc(C(=O)C3=C(O)C(=O)N(c4cccc(C(F)(F)F)c4)C3c3ccco3)oc12. The number of nitrogens with zero attached hydrogens (tertiary/aromatic N) is 1. The van der Waals surface area contributed by atoms with Crippen LogP contribution in [-0.2, 0) is 11.0 Å². The van der Waals surface area contributed by atoms with Gasteiger partial charge in [0.05, 0.1) is 24.5 Å². The Hall–Kier alpha value is -4.18. The molecular weight excluding hydrogens is 503 g/mol. The molecule has 1 atom stereocenters. The van der Waals surface area contributed by atoms with Crippen molar-refractivity contribution in [3.8, 4) is 5.75 Å². The van der Waals surface area contributed by atoms with Crippen LogP contribution in [0.4, 0.5) is 18.9 Å². The Morgan fingerprint density at radius 3 is 2.58 bits per heavy atom. The van der Waals surface area contributed by atoms with Crippen LogP contribution in [0.15, 0.2) is 81.0 Å². The number of rotatable bonds is 5. The average molecular weight is 518 g/mol. The molecule has 0 fully saturated rings. The number of aliphatic hydroxyl groups excluding tert-OH is 1. The summed E-state index contributed by atoms with van der Waals surface area (Å²) in [5.74, 6) is -2.83. The van der Waals surface area contributed by atoms with Gasteiger partial charge in [-0.3, -0.25) is 14.5 Å². The van der Waals surface area contributed by atoms with E-state index in [1.165, 1.54) is 49.8 Å². The lowest BCUT2D eigenvalue weighted by Gasteiger charge is -2.25. The van der Waals surface area contributed by atoms with Crippen LogP contribution >= 0.6 is 11.6 Å². The normalized spacial score (nSPS) is 16.3. The predicted molar refractivity (Wildman–Crippen MR) is 122 cm³/mol. The van der Waals surface area contributed by atoms with E-state index in [0.29, 0.717) is 10.4 Å². The standard InChI is InChI=1S/C25H15ClF3NO6/c1-34-18-11-14(26)8-12-9-17(36-23(12)18)21(31)19-20(16-6-3-7-35-16)30(24(33)22(19)32)15-5-2-4-13(10-15)25(27,28)29/h2-11,20,32H,1H3. The van der Waals surface area contributed by atoms with Gasteiger partial charge in [-0.15, -0.1) is 0 Å². The molecule has 11 heteroatoms.